The van der Waals surface area contributed by atoms with Crippen LogP contribution in [-0.4, -0.2) is 0 Å². The van der Waals surface area contributed by atoms with Crippen LogP contribution in [0.2, 0.25) is 5.02 Å². The second-order valence-corrected chi connectivity index (χ2v) is 7.68. The van der Waals surface area contributed by atoms with Crippen molar-refractivity contribution in [2.75, 3.05) is 0 Å². The molecular formula is C18H19BrClF. The Labute approximate surface area is 139 Å². The summed E-state index contributed by atoms with van der Waals surface area (Å²) < 4.78 is 13.5. The van der Waals surface area contributed by atoms with E-state index in [2.05, 4.69) is 61.0 Å². The maximum atomic E-state index is 13.5. The van der Waals surface area contributed by atoms with E-state index >= 15 is 0 Å². The average molecular weight is 370 g/mol. The summed E-state index contributed by atoms with van der Waals surface area (Å²) in [5, 5.41) is 0.444. The molecule has 112 valence electrons. The number of halogens is 3. The van der Waals surface area contributed by atoms with Crippen molar-refractivity contribution in [2.24, 2.45) is 0 Å². The largest absolute Gasteiger partial charge is 0.207 e. The monoisotopic (exact) mass is 368 g/mol. The van der Waals surface area contributed by atoms with Crippen molar-refractivity contribution in [3.05, 3.63) is 69.5 Å². The SMILES string of the molecule is Cc1cc(C(Br)c2ccc(C(C)(C)C)cc2)c(Cl)cc1F. The maximum absolute atomic E-state index is 13.5. The third kappa shape index (κ3) is 3.67. The van der Waals surface area contributed by atoms with Gasteiger partial charge in [-0.15, -0.1) is 0 Å². The molecule has 1 atom stereocenters. The van der Waals surface area contributed by atoms with Crippen molar-refractivity contribution >= 4 is 27.5 Å². The highest BCUT2D eigenvalue weighted by atomic mass is 79.9. The lowest BCUT2D eigenvalue weighted by molar-refractivity contribution is 0.590. The highest BCUT2D eigenvalue weighted by molar-refractivity contribution is 9.09. The molecule has 0 saturated heterocycles. The summed E-state index contributed by atoms with van der Waals surface area (Å²) >= 11 is 9.85. The smallest absolute Gasteiger partial charge is 0.127 e. The number of rotatable bonds is 2. The Morgan fingerprint density at radius 1 is 1.10 bits per heavy atom. The van der Waals surface area contributed by atoms with Crippen molar-refractivity contribution in [3.8, 4) is 0 Å². The Balaban J connectivity index is 2.36. The summed E-state index contributed by atoms with van der Waals surface area (Å²) in [6.07, 6.45) is 0. The number of benzene rings is 2. The van der Waals surface area contributed by atoms with Gasteiger partial charge in [-0.1, -0.05) is 78.6 Å². The van der Waals surface area contributed by atoms with E-state index in [4.69, 9.17) is 11.6 Å². The highest BCUT2D eigenvalue weighted by Gasteiger charge is 2.18. The molecule has 0 amide bonds. The minimum atomic E-state index is -0.272. The van der Waals surface area contributed by atoms with E-state index in [9.17, 15) is 4.39 Å². The third-order valence-electron chi connectivity index (χ3n) is 3.62. The molecule has 0 fully saturated rings. The molecule has 3 heteroatoms. The maximum Gasteiger partial charge on any atom is 0.127 e. The zero-order valence-corrected chi connectivity index (χ0v) is 15.0. The average Bonchev–Trinajstić information content (AvgIpc) is 2.41. The van der Waals surface area contributed by atoms with Gasteiger partial charge in [0.1, 0.15) is 5.82 Å². The normalized spacial score (nSPS) is 13.3. The van der Waals surface area contributed by atoms with Gasteiger partial charge < -0.3 is 0 Å². The summed E-state index contributed by atoms with van der Waals surface area (Å²) in [7, 11) is 0. The van der Waals surface area contributed by atoms with E-state index in [1.807, 2.05) is 0 Å². The molecule has 0 nitrogen and oxygen atoms in total. The van der Waals surface area contributed by atoms with Gasteiger partial charge in [-0.3, -0.25) is 0 Å². The van der Waals surface area contributed by atoms with Crippen molar-refractivity contribution < 1.29 is 4.39 Å². The zero-order valence-electron chi connectivity index (χ0n) is 12.7. The van der Waals surface area contributed by atoms with E-state index in [0.29, 0.717) is 10.6 Å². The molecule has 0 bridgehead atoms. The fraction of sp³-hybridized carbons (Fsp3) is 0.333. The van der Waals surface area contributed by atoms with Gasteiger partial charge in [0.15, 0.2) is 0 Å². The van der Waals surface area contributed by atoms with Crippen LogP contribution in [0.4, 0.5) is 4.39 Å². The quantitative estimate of drug-likeness (QED) is 0.525. The molecule has 0 aromatic heterocycles. The van der Waals surface area contributed by atoms with Gasteiger partial charge in [-0.05, 0) is 40.7 Å². The summed E-state index contributed by atoms with van der Waals surface area (Å²) in [6.45, 7) is 8.31. The molecule has 0 aliphatic carbocycles. The van der Waals surface area contributed by atoms with E-state index in [1.165, 1.54) is 11.6 Å². The van der Waals surface area contributed by atoms with Crippen LogP contribution in [0.3, 0.4) is 0 Å². The minimum Gasteiger partial charge on any atom is -0.207 e. The van der Waals surface area contributed by atoms with Crippen molar-refractivity contribution in [1.29, 1.82) is 0 Å². The predicted molar refractivity (Wildman–Crippen MR) is 92.1 cm³/mol. The molecule has 1 unspecified atom stereocenters. The summed E-state index contributed by atoms with van der Waals surface area (Å²) in [5.74, 6) is -0.272. The summed E-state index contributed by atoms with van der Waals surface area (Å²) in [5.41, 5.74) is 4.01. The molecule has 0 aliphatic heterocycles. The molecule has 0 N–H and O–H groups in total. The van der Waals surface area contributed by atoms with Gasteiger partial charge in [0.25, 0.3) is 0 Å². The molecule has 0 saturated carbocycles. The van der Waals surface area contributed by atoms with Crippen LogP contribution >= 0.6 is 27.5 Å². The van der Waals surface area contributed by atoms with Gasteiger partial charge in [-0.2, -0.15) is 0 Å². The van der Waals surface area contributed by atoms with E-state index in [-0.39, 0.29) is 16.1 Å². The lowest BCUT2D eigenvalue weighted by Gasteiger charge is -2.20. The van der Waals surface area contributed by atoms with Crippen LogP contribution in [0, 0.1) is 12.7 Å². The van der Waals surface area contributed by atoms with Crippen molar-refractivity contribution in [3.63, 3.8) is 0 Å². The molecule has 21 heavy (non-hydrogen) atoms. The lowest BCUT2D eigenvalue weighted by Crippen LogP contribution is -2.10. The molecule has 0 radical (unpaired) electrons. The Bertz CT molecular complexity index is 642. The fourth-order valence-electron chi connectivity index (χ4n) is 2.21. The summed E-state index contributed by atoms with van der Waals surface area (Å²) in [4.78, 5) is -0.0432. The van der Waals surface area contributed by atoms with Crippen molar-refractivity contribution in [2.45, 2.75) is 37.9 Å². The van der Waals surface area contributed by atoms with Gasteiger partial charge in [-0.25, -0.2) is 4.39 Å². The molecule has 0 heterocycles. The van der Waals surface area contributed by atoms with Crippen LogP contribution in [-0.2, 0) is 5.41 Å². The fourth-order valence-corrected chi connectivity index (χ4v) is 3.28. The number of alkyl halides is 1. The van der Waals surface area contributed by atoms with Crippen LogP contribution in [0.5, 0.6) is 0 Å². The van der Waals surface area contributed by atoms with Crippen LogP contribution in [0.15, 0.2) is 36.4 Å². The number of hydrogen-bond acceptors (Lipinski definition) is 0. The molecule has 2 rings (SSSR count). The topological polar surface area (TPSA) is 0 Å². The number of aryl methyl sites for hydroxylation is 1. The minimum absolute atomic E-state index is 0.0432. The van der Waals surface area contributed by atoms with Crippen molar-refractivity contribution in [1.82, 2.24) is 0 Å². The second-order valence-electron chi connectivity index (χ2n) is 6.36. The first-order valence-corrected chi connectivity index (χ1v) is 8.19. The predicted octanol–water partition coefficient (Wildman–Crippen LogP) is 6.57. The van der Waals surface area contributed by atoms with Gasteiger partial charge >= 0.3 is 0 Å². The van der Waals surface area contributed by atoms with Gasteiger partial charge in [0.2, 0.25) is 0 Å². The summed E-state index contributed by atoms with van der Waals surface area (Å²) in [6, 6.07) is 11.6. The Kier molecular flexibility index (Phi) is 4.79. The van der Waals surface area contributed by atoms with E-state index in [0.717, 1.165) is 11.1 Å². The molecule has 2 aromatic rings. The van der Waals surface area contributed by atoms with Gasteiger partial charge in [0, 0.05) is 5.02 Å². The van der Waals surface area contributed by atoms with Crippen LogP contribution in [0.1, 0.15) is 47.9 Å². The Morgan fingerprint density at radius 2 is 1.67 bits per heavy atom. The first-order chi connectivity index (χ1) is 9.70. The second kappa shape index (κ2) is 6.10. The standard InChI is InChI=1S/C18H19BrClF/c1-11-9-14(15(20)10-16(11)21)17(19)12-5-7-13(8-6-12)18(2,3)4/h5-10,17H,1-4H3. The first-order valence-electron chi connectivity index (χ1n) is 6.90. The third-order valence-corrected chi connectivity index (χ3v) is 4.97. The highest BCUT2D eigenvalue weighted by Crippen LogP contribution is 2.37. The van der Waals surface area contributed by atoms with E-state index in [1.54, 1.807) is 13.0 Å². The van der Waals surface area contributed by atoms with Crippen LogP contribution in [0.25, 0.3) is 0 Å². The molecule has 0 aliphatic rings. The molecule has 2 aromatic carbocycles. The van der Waals surface area contributed by atoms with Gasteiger partial charge in [0.05, 0.1) is 4.83 Å². The Hall–Kier alpha value is -0.860. The lowest BCUT2D eigenvalue weighted by atomic mass is 9.86. The zero-order chi connectivity index (χ0) is 15.8. The molecular weight excluding hydrogens is 351 g/mol. The Morgan fingerprint density at radius 3 is 2.19 bits per heavy atom. The van der Waals surface area contributed by atoms with Crippen LogP contribution < -0.4 is 0 Å². The number of hydrogen-bond donors (Lipinski definition) is 0. The first kappa shape index (κ1) is 16.5. The van der Waals surface area contributed by atoms with E-state index < -0.39 is 0 Å². The molecule has 0 spiro atoms.